The molecule has 0 unspecified atom stereocenters. The lowest BCUT2D eigenvalue weighted by Crippen LogP contribution is -2.53. The fraction of sp³-hybridized carbons (Fsp3) is 0.391. The number of nitrogens with one attached hydrogen (secondary N) is 1. The summed E-state index contributed by atoms with van der Waals surface area (Å²) in [6.07, 6.45) is 8.13. The maximum absolute atomic E-state index is 13.1. The van der Waals surface area contributed by atoms with E-state index in [0.29, 0.717) is 30.8 Å². The largest absolute Gasteiger partial charge is 0.497 e. The minimum absolute atomic E-state index is 0.179. The summed E-state index contributed by atoms with van der Waals surface area (Å²) in [7, 11) is 1.60. The number of aryl methyl sites for hydroxylation is 1. The molecular formula is C23H26N6O3. The first-order valence-electron chi connectivity index (χ1n) is 10.7. The standard InChI is InChI=1S/C23H26N6O3/c1-16-13-25-22(26-14-16)28-9-6-23(7-10-28)21-24-8-11-29(21)15-19(32-23)20(30)27-17-4-3-5-18(12-17)31-2/h3-5,8,11-14,19H,6-7,9-10,15H2,1-2H3,(H,27,30)/t19-/m0/s1. The molecular weight excluding hydrogens is 408 g/mol. The van der Waals surface area contributed by atoms with Gasteiger partial charge in [-0.3, -0.25) is 4.79 Å². The third kappa shape index (κ3) is 3.80. The van der Waals surface area contributed by atoms with Crippen molar-refractivity contribution in [1.29, 1.82) is 0 Å². The number of carbonyl (C=O) groups is 1. The molecule has 0 radical (unpaired) electrons. The second-order valence-electron chi connectivity index (χ2n) is 8.27. The summed E-state index contributed by atoms with van der Waals surface area (Å²) in [4.78, 5) is 28.7. The summed E-state index contributed by atoms with van der Waals surface area (Å²) in [6.45, 7) is 3.85. The number of aromatic nitrogens is 4. The normalized spacial score (nSPS) is 19.4. The summed E-state index contributed by atoms with van der Waals surface area (Å²) in [6, 6.07) is 7.31. The molecule has 1 fully saturated rings. The molecule has 0 bridgehead atoms. The predicted octanol–water partition coefficient (Wildman–Crippen LogP) is 2.52. The molecule has 3 aromatic rings. The maximum Gasteiger partial charge on any atom is 0.255 e. The topological polar surface area (TPSA) is 94.4 Å². The van der Waals surface area contributed by atoms with E-state index < -0.39 is 11.7 Å². The van der Waals surface area contributed by atoms with Crippen molar-refractivity contribution in [3.05, 3.63) is 60.4 Å². The van der Waals surface area contributed by atoms with Crippen molar-refractivity contribution in [2.24, 2.45) is 0 Å². The van der Waals surface area contributed by atoms with Crippen molar-refractivity contribution >= 4 is 17.5 Å². The Morgan fingerprint density at radius 1 is 1.22 bits per heavy atom. The first-order valence-corrected chi connectivity index (χ1v) is 10.7. The van der Waals surface area contributed by atoms with Crippen molar-refractivity contribution in [3.63, 3.8) is 0 Å². The maximum atomic E-state index is 13.1. The lowest BCUT2D eigenvalue weighted by atomic mass is 9.88. The van der Waals surface area contributed by atoms with Gasteiger partial charge in [0.25, 0.3) is 5.91 Å². The van der Waals surface area contributed by atoms with Crippen LogP contribution in [0.1, 0.15) is 24.2 Å². The number of ether oxygens (including phenoxy) is 2. The number of amides is 1. The molecule has 1 saturated heterocycles. The number of benzene rings is 1. The van der Waals surface area contributed by atoms with Crippen LogP contribution in [-0.4, -0.2) is 51.7 Å². The van der Waals surface area contributed by atoms with E-state index in [9.17, 15) is 4.79 Å². The number of carbonyl (C=O) groups excluding carboxylic acids is 1. The van der Waals surface area contributed by atoms with Gasteiger partial charge in [0.05, 0.1) is 13.7 Å². The Hall–Kier alpha value is -3.46. The first-order chi connectivity index (χ1) is 15.6. The molecule has 1 atom stereocenters. The fourth-order valence-electron chi connectivity index (χ4n) is 4.42. The number of imidazole rings is 1. The Balaban J connectivity index is 1.33. The van der Waals surface area contributed by atoms with Crippen molar-refractivity contribution in [1.82, 2.24) is 19.5 Å². The van der Waals surface area contributed by atoms with Crippen LogP contribution < -0.4 is 15.0 Å². The van der Waals surface area contributed by atoms with Crippen LogP contribution in [0.5, 0.6) is 5.75 Å². The van der Waals surface area contributed by atoms with Gasteiger partial charge in [-0.15, -0.1) is 0 Å². The Bertz CT molecular complexity index is 1100. The van der Waals surface area contributed by atoms with Crippen LogP contribution in [0.4, 0.5) is 11.6 Å². The molecule has 2 aliphatic heterocycles. The molecule has 5 rings (SSSR count). The van der Waals surface area contributed by atoms with Crippen LogP contribution in [0, 0.1) is 6.92 Å². The summed E-state index contributed by atoms with van der Waals surface area (Å²) < 4.78 is 13.8. The van der Waals surface area contributed by atoms with E-state index in [2.05, 4.69) is 25.2 Å². The highest BCUT2D eigenvalue weighted by molar-refractivity contribution is 5.94. The Morgan fingerprint density at radius 3 is 2.75 bits per heavy atom. The number of fused-ring (bicyclic) bond motifs is 2. The molecule has 1 aromatic carbocycles. The van der Waals surface area contributed by atoms with Crippen LogP contribution in [-0.2, 0) is 21.7 Å². The third-order valence-corrected chi connectivity index (χ3v) is 6.10. The molecule has 166 valence electrons. The summed E-state index contributed by atoms with van der Waals surface area (Å²) in [5.74, 6) is 2.11. The smallest absolute Gasteiger partial charge is 0.255 e. The Kier molecular flexibility index (Phi) is 5.26. The van der Waals surface area contributed by atoms with E-state index >= 15 is 0 Å². The Morgan fingerprint density at radius 2 is 2.00 bits per heavy atom. The highest BCUT2D eigenvalue weighted by atomic mass is 16.5. The molecule has 32 heavy (non-hydrogen) atoms. The average Bonchev–Trinajstić information content (AvgIpc) is 3.30. The van der Waals surface area contributed by atoms with Crippen molar-refractivity contribution < 1.29 is 14.3 Å². The van der Waals surface area contributed by atoms with Crippen LogP contribution >= 0.6 is 0 Å². The van der Waals surface area contributed by atoms with Crippen molar-refractivity contribution in [3.8, 4) is 5.75 Å². The van der Waals surface area contributed by atoms with Crippen LogP contribution in [0.25, 0.3) is 0 Å². The summed E-state index contributed by atoms with van der Waals surface area (Å²) in [5, 5.41) is 2.96. The number of rotatable bonds is 4. The van der Waals surface area contributed by atoms with E-state index in [1.807, 2.05) is 48.3 Å². The quantitative estimate of drug-likeness (QED) is 0.674. The number of methoxy groups -OCH3 is 1. The SMILES string of the molecule is COc1cccc(NC(=O)[C@@H]2Cn3ccnc3C3(CCN(c4ncc(C)cn4)CC3)O2)c1. The minimum Gasteiger partial charge on any atom is -0.497 e. The van der Waals surface area contributed by atoms with Crippen molar-refractivity contribution in [2.75, 3.05) is 30.4 Å². The van der Waals surface area contributed by atoms with Gasteiger partial charge in [0.2, 0.25) is 5.95 Å². The van der Waals surface area contributed by atoms with E-state index in [0.717, 1.165) is 30.4 Å². The molecule has 0 aliphatic carbocycles. The second-order valence-corrected chi connectivity index (χ2v) is 8.27. The number of piperidine rings is 1. The highest BCUT2D eigenvalue weighted by Crippen LogP contribution is 2.40. The lowest BCUT2D eigenvalue weighted by Gasteiger charge is -2.45. The average molecular weight is 435 g/mol. The van der Waals surface area contributed by atoms with Crippen molar-refractivity contribution in [2.45, 2.75) is 38.0 Å². The van der Waals surface area contributed by atoms with Gasteiger partial charge in [0, 0.05) is 62.5 Å². The first kappa shape index (κ1) is 20.4. The van der Waals surface area contributed by atoms with E-state index in [1.165, 1.54) is 0 Å². The molecule has 0 saturated carbocycles. The highest BCUT2D eigenvalue weighted by Gasteiger charge is 2.47. The zero-order valence-corrected chi connectivity index (χ0v) is 18.2. The molecule has 9 heteroatoms. The van der Waals surface area contributed by atoms with Crippen LogP contribution in [0.2, 0.25) is 0 Å². The van der Waals surface area contributed by atoms with Gasteiger partial charge in [-0.05, 0) is 24.6 Å². The zero-order chi connectivity index (χ0) is 22.1. The van der Waals surface area contributed by atoms with Gasteiger partial charge in [0.1, 0.15) is 17.2 Å². The Labute approximate surface area is 186 Å². The van der Waals surface area contributed by atoms with Gasteiger partial charge >= 0.3 is 0 Å². The number of nitrogens with zero attached hydrogens (tertiary/aromatic N) is 5. The van der Waals surface area contributed by atoms with Crippen LogP contribution in [0.3, 0.4) is 0 Å². The van der Waals surface area contributed by atoms with Gasteiger partial charge < -0.3 is 24.3 Å². The zero-order valence-electron chi connectivity index (χ0n) is 18.2. The molecule has 4 heterocycles. The van der Waals surface area contributed by atoms with Gasteiger partial charge in [-0.1, -0.05) is 6.07 Å². The molecule has 9 nitrogen and oxygen atoms in total. The minimum atomic E-state index is -0.620. The van der Waals surface area contributed by atoms with E-state index in [-0.39, 0.29) is 5.91 Å². The fourth-order valence-corrected chi connectivity index (χ4v) is 4.42. The van der Waals surface area contributed by atoms with Gasteiger partial charge in [-0.2, -0.15) is 0 Å². The van der Waals surface area contributed by atoms with E-state index in [4.69, 9.17) is 9.47 Å². The lowest BCUT2D eigenvalue weighted by molar-refractivity contribution is -0.162. The molecule has 2 aromatic heterocycles. The summed E-state index contributed by atoms with van der Waals surface area (Å²) in [5.41, 5.74) is 1.10. The second kappa shape index (κ2) is 8.23. The number of hydrogen-bond donors (Lipinski definition) is 1. The molecule has 1 N–H and O–H groups in total. The molecule has 1 amide bonds. The number of hydrogen-bond acceptors (Lipinski definition) is 7. The predicted molar refractivity (Wildman–Crippen MR) is 119 cm³/mol. The van der Waals surface area contributed by atoms with Gasteiger partial charge in [0.15, 0.2) is 6.10 Å². The van der Waals surface area contributed by atoms with Crippen LogP contribution in [0.15, 0.2) is 49.1 Å². The van der Waals surface area contributed by atoms with E-state index in [1.54, 1.807) is 19.4 Å². The molecule has 2 aliphatic rings. The summed E-state index contributed by atoms with van der Waals surface area (Å²) >= 11 is 0. The third-order valence-electron chi connectivity index (χ3n) is 6.10. The molecule has 1 spiro atoms. The monoisotopic (exact) mass is 434 g/mol. The number of anilines is 2. The van der Waals surface area contributed by atoms with Gasteiger partial charge in [-0.25, -0.2) is 15.0 Å².